The van der Waals surface area contributed by atoms with Crippen LogP contribution in [0.4, 0.5) is 4.79 Å². The highest BCUT2D eigenvalue weighted by molar-refractivity contribution is 5.84. The number of nitrogens with one attached hydrogen (secondary N) is 2. The minimum atomic E-state index is -0.322. The number of nitrogens with zero attached hydrogens (tertiary/aromatic N) is 3. The van der Waals surface area contributed by atoms with Crippen molar-refractivity contribution in [3.8, 4) is 5.75 Å². The maximum Gasteiger partial charge on any atom is 0.315 e. The first kappa shape index (κ1) is 21.0. The van der Waals surface area contributed by atoms with Crippen LogP contribution in [0, 0.1) is 0 Å². The number of rotatable bonds is 7. The van der Waals surface area contributed by atoms with Gasteiger partial charge in [-0.15, -0.1) is 0 Å². The third-order valence-corrected chi connectivity index (χ3v) is 5.03. The predicted molar refractivity (Wildman–Crippen MR) is 121 cm³/mol. The molecule has 0 aliphatic heterocycles. The number of ether oxygens (including phenoxy) is 1. The molecule has 2 aromatic carbocycles. The minimum absolute atomic E-state index is 0.183. The molecule has 2 amide bonds. The van der Waals surface area contributed by atoms with Gasteiger partial charge < -0.3 is 15.4 Å². The second-order valence-electron chi connectivity index (χ2n) is 7.20. The number of benzene rings is 2. The second-order valence-corrected chi connectivity index (χ2v) is 7.20. The largest absolute Gasteiger partial charge is 0.497 e. The molecular weight excluding hydrogens is 406 g/mol. The fraction of sp³-hybridized carbons (Fsp3) is 0.167. The molecule has 4 rings (SSSR count). The van der Waals surface area contributed by atoms with E-state index in [9.17, 15) is 9.59 Å². The van der Waals surface area contributed by atoms with Gasteiger partial charge in [0.25, 0.3) is 5.56 Å². The van der Waals surface area contributed by atoms with Gasteiger partial charge in [-0.3, -0.25) is 9.78 Å². The molecule has 8 nitrogen and oxygen atoms in total. The molecule has 0 radical (unpaired) electrons. The van der Waals surface area contributed by atoms with Crippen LogP contribution in [0.5, 0.6) is 5.75 Å². The molecule has 32 heavy (non-hydrogen) atoms. The summed E-state index contributed by atoms with van der Waals surface area (Å²) in [6, 6.07) is 18.1. The molecule has 0 spiro atoms. The Bertz CT molecular complexity index is 1270. The second kappa shape index (κ2) is 9.74. The molecule has 0 saturated heterocycles. The number of hydrogen-bond donors (Lipinski definition) is 2. The number of pyridine rings is 1. The molecule has 4 aromatic rings. The van der Waals surface area contributed by atoms with Crippen molar-refractivity contribution in [3.63, 3.8) is 0 Å². The Labute approximate surface area is 184 Å². The van der Waals surface area contributed by atoms with Crippen molar-refractivity contribution in [1.29, 1.82) is 0 Å². The first-order valence-electron chi connectivity index (χ1n) is 10.2. The van der Waals surface area contributed by atoms with Crippen LogP contribution < -0.4 is 20.9 Å². The molecule has 0 atom stereocenters. The lowest BCUT2D eigenvalue weighted by atomic mass is 10.1. The summed E-state index contributed by atoms with van der Waals surface area (Å²) in [7, 11) is 1.61. The van der Waals surface area contributed by atoms with Crippen molar-refractivity contribution in [2.75, 3.05) is 7.11 Å². The zero-order chi connectivity index (χ0) is 22.3. The number of aromatic nitrogens is 3. The molecule has 0 unspecified atom stereocenters. The van der Waals surface area contributed by atoms with Crippen LogP contribution in [0.1, 0.15) is 16.8 Å². The first-order valence-corrected chi connectivity index (χ1v) is 10.2. The molecule has 2 heterocycles. The van der Waals surface area contributed by atoms with Crippen molar-refractivity contribution < 1.29 is 9.53 Å². The van der Waals surface area contributed by atoms with E-state index in [-0.39, 0.29) is 18.1 Å². The van der Waals surface area contributed by atoms with Gasteiger partial charge in [-0.2, -0.15) is 5.10 Å². The van der Waals surface area contributed by atoms with E-state index in [1.165, 1.54) is 4.68 Å². The number of amides is 2. The lowest BCUT2D eigenvalue weighted by Crippen LogP contribution is -2.35. The smallest absolute Gasteiger partial charge is 0.315 e. The van der Waals surface area contributed by atoms with E-state index in [0.29, 0.717) is 24.2 Å². The summed E-state index contributed by atoms with van der Waals surface area (Å²) in [5.74, 6) is 0.762. The monoisotopic (exact) mass is 429 g/mol. The van der Waals surface area contributed by atoms with Crippen LogP contribution in [-0.2, 0) is 19.6 Å². The van der Waals surface area contributed by atoms with Gasteiger partial charge >= 0.3 is 6.03 Å². The zero-order valence-electron chi connectivity index (χ0n) is 17.6. The van der Waals surface area contributed by atoms with E-state index < -0.39 is 0 Å². The van der Waals surface area contributed by atoms with Gasteiger partial charge in [0.05, 0.1) is 31.3 Å². The van der Waals surface area contributed by atoms with Gasteiger partial charge in [0, 0.05) is 24.3 Å². The Morgan fingerprint density at radius 3 is 2.41 bits per heavy atom. The number of urea groups is 1. The maximum atomic E-state index is 12.9. The number of fused-ring (bicyclic) bond motifs is 1. The van der Waals surface area contributed by atoms with Gasteiger partial charge in [0.15, 0.2) is 0 Å². The molecule has 0 fully saturated rings. The number of carbonyl (C=O) groups excluding carboxylic acids is 1. The van der Waals surface area contributed by atoms with Gasteiger partial charge in [-0.05, 0) is 35.4 Å². The lowest BCUT2D eigenvalue weighted by molar-refractivity contribution is 0.240. The predicted octanol–water partition coefficient (Wildman–Crippen LogP) is 2.85. The summed E-state index contributed by atoms with van der Waals surface area (Å²) >= 11 is 0. The van der Waals surface area contributed by atoms with Crippen molar-refractivity contribution in [2.45, 2.75) is 19.6 Å². The molecule has 8 heteroatoms. The normalized spacial score (nSPS) is 10.7. The van der Waals surface area contributed by atoms with Crippen LogP contribution in [0.15, 0.2) is 77.9 Å². The summed E-state index contributed by atoms with van der Waals surface area (Å²) in [4.78, 5) is 29.3. The van der Waals surface area contributed by atoms with Crippen LogP contribution in [-0.4, -0.2) is 27.9 Å². The number of methoxy groups -OCH3 is 1. The molecule has 0 saturated carbocycles. The fourth-order valence-corrected chi connectivity index (χ4v) is 3.36. The van der Waals surface area contributed by atoms with E-state index in [4.69, 9.17) is 4.74 Å². The Balaban J connectivity index is 1.48. The molecule has 0 aliphatic rings. The molecule has 2 N–H and O–H groups in total. The van der Waals surface area contributed by atoms with E-state index >= 15 is 0 Å². The average molecular weight is 429 g/mol. The Morgan fingerprint density at radius 1 is 0.938 bits per heavy atom. The highest BCUT2D eigenvalue weighted by Crippen LogP contribution is 2.14. The third kappa shape index (κ3) is 4.92. The molecule has 2 aromatic heterocycles. The highest BCUT2D eigenvalue weighted by Gasteiger charge is 2.12. The summed E-state index contributed by atoms with van der Waals surface area (Å²) in [6.45, 7) is 0.862. The fourth-order valence-electron chi connectivity index (χ4n) is 3.36. The van der Waals surface area contributed by atoms with Crippen LogP contribution >= 0.6 is 0 Å². The number of carbonyl (C=O) groups is 1. The highest BCUT2D eigenvalue weighted by atomic mass is 16.5. The van der Waals surface area contributed by atoms with E-state index in [2.05, 4.69) is 20.7 Å². The quantitative estimate of drug-likeness (QED) is 0.471. The van der Waals surface area contributed by atoms with Crippen LogP contribution in [0.25, 0.3) is 10.8 Å². The topological polar surface area (TPSA) is 98.1 Å². The van der Waals surface area contributed by atoms with Crippen LogP contribution in [0.2, 0.25) is 0 Å². The SMILES string of the molecule is COc1ccc(CNC(=O)NCc2nn(Cc3cccnc3)c(=O)c3ccccc23)cc1. The average Bonchev–Trinajstić information content (AvgIpc) is 2.84. The third-order valence-electron chi connectivity index (χ3n) is 5.03. The summed E-state index contributed by atoms with van der Waals surface area (Å²) in [6.07, 6.45) is 3.38. The Hall–Kier alpha value is -4.20. The van der Waals surface area contributed by atoms with E-state index in [1.54, 1.807) is 25.6 Å². The Kier molecular flexibility index (Phi) is 6.41. The Morgan fingerprint density at radius 2 is 1.69 bits per heavy atom. The van der Waals surface area contributed by atoms with Gasteiger partial charge in [0.2, 0.25) is 0 Å². The van der Waals surface area contributed by atoms with Crippen molar-refractivity contribution >= 4 is 16.8 Å². The summed E-state index contributed by atoms with van der Waals surface area (Å²) in [5, 5.41) is 11.5. The molecular formula is C24H23N5O3. The number of hydrogen-bond acceptors (Lipinski definition) is 5. The van der Waals surface area contributed by atoms with E-state index in [1.807, 2.05) is 54.6 Å². The maximum absolute atomic E-state index is 12.9. The van der Waals surface area contributed by atoms with Crippen molar-refractivity contribution in [1.82, 2.24) is 25.4 Å². The van der Waals surface area contributed by atoms with Gasteiger partial charge in [0.1, 0.15) is 5.75 Å². The minimum Gasteiger partial charge on any atom is -0.497 e. The molecule has 162 valence electrons. The van der Waals surface area contributed by atoms with Crippen molar-refractivity contribution in [3.05, 3.63) is 100 Å². The van der Waals surface area contributed by atoms with Crippen LogP contribution in [0.3, 0.4) is 0 Å². The lowest BCUT2D eigenvalue weighted by Gasteiger charge is -2.12. The van der Waals surface area contributed by atoms with Gasteiger partial charge in [-0.25, -0.2) is 9.48 Å². The van der Waals surface area contributed by atoms with Crippen molar-refractivity contribution in [2.24, 2.45) is 0 Å². The molecule has 0 bridgehead atoms. The zero-order valence-corrected chi connectivity index (χ0v) is 17.6. The van der Waals surface area contributed by atoms with E-state index in [0.717, 1.165) is 22.3 Å². The standard InChI is InChI=1S/C24H23N5O3/c1-32-19-10-8-17(9-11-19)14-26-24(31)27-15-22-20-6-2-3-7-21(20)23(30)29(28-22)16-18-5-4-12-25-13-18/h2-13H,14-16H2,1H3,(H2,26,27,31). The first-order chi connectivity index (χ1) is 15.6. The van der Waals surface area contributed by atoms with Gasteiger partial charge in [-0.1, -0.05) is 36.4 Å². The summed E-state index contributed by atoms with van der Waals surface area (Å²) < 4.78 is 6.55. The summed E-state index contributed by atoms with van der Waals surface area (Å²) in [5.41, 5.74) is 2.25. The molecule has 0 aliphatic carbocycles.